The van der Waals surface area contributed by atoms with E-state index in [0.717, 1.165) is 17.7 Å². The molecule has 0 saturated carbocycles. The Bertz CT molecular complexity index is 519. The van der Waals surface area contributed by atoms with Gasteiger partial charge in [-0.05, 0) is 6.42 Å². The molecule has 2 rings (SSSR count). The second-order valence-electron chi connectivity index (χ2n) is 4.04. The van der Waals surface area contributed by atoms with Crippen molar-refractivity contribution in [1.29, 1.82) is 0 Å². The van der Waals surface area contributed by atoms with Crippen LogP contribution in [-0.4, -0.2) is 33.6 Å². The predicted octanol–water partition coefficient (Wildman–Crippen LogP) is 0.679. The van der Waals surface area contributed by atoms with E-state index in [1.54, 1.807) is 11.8 Å². The Morgan fingerprint density at radius 3 is 3.00 bits per heavy atom. The third-order valence-electron chi connectivity index (χ3n) is 2.59. The normalized spacial score (nSPS) is 12.9. The first-order valence-corrected chi connectivity index (χ1v) is 5.76. The van der Waals surface area contributed by atoms with Gasteiger partial charge < -0.3 is 15.0 Å². The Labute approximate surface area is 105 Å². The van der Waals surface area contributed by atoms with Gasteiger partial charge in [-0.2, -0.15) is 10.1 Å². The van der Waals surface area contributed by atoms with Gasteiger partial charge in [0.05, 0.1) is 23.9 Å². The maximum Gasteiger partial charge on any atom is 0.261 e. The summed E-state index contributed by atoms with van der Waals surface area (Å²) >= 11 is 0. The maximum absolute atomic E-state index is 5.84. The molecule has 2 aromatic heterocycles. The van der Waals surface area contributed by atoms with Crippen molar-refractivity contribution in [1.82, 2.24) is 19.9 Å². The van der Waals surface area contributed by atoms with E-state index in [4.69, 9.17) is 15.0 Å². The Kier molecular flexibility index (Phi) is 3.73. The van der Waals surface area contributed by atoms with Crippen LogP contribution < -0.4 is 5.73 Å². The molecule has 0 aromatic carbocycles. The minimum atomic E-state index is -0.380. The number of aromatic nitrogens is 4. The second-order valence-corrected chi connectivity index (χ2v) is 4.04. The van der Waals surface area contributed by atoms with Gasteiger partial charge in [0.25, 0.3) is 5.89 Å². The molecule has 7 heteroatoms. The molecule has 2 heterocycles. The molecule has 98 valence electrons. The van der Waals surface area contributed by atoms with Crippen molar-refractivity contribution in [3.05, 3.63) is 17.7 Å². The predicted molar refractivity (Wildman–Crippen MR) is 64.7 cm³/mol. The molecule has 0 bridgehead atoms. The molecule has 7 nitrogen and oxygen atoms in total. The fourth-order valence-corrected chi connectivity index (χ4v) is 1.72. The lowest BCUT2D eigenvalue weighted by atomic mass is 10.2. The molecule has 0 spiro atoms. The third kappa shape index (κ3) is 2.41. The van der Waals surface area contributed by atoms with Gasteiger partial charge >= 0.3 is 0 Å². The van der Waals surface area contributed by atoms with Crippen LogP contribution in [0.4, 0.5) is 0 Å². The Morgan fingerprint density at radius 2 is 2.33 bits per heavy atom. The van der Waals surface area contributed by atoms with E-state index in [0.29, 0.717) is 18.3 Å². The topological polar surface area (TPSA) is 92.0 Å². The molecule has 0 aliphatic carbocycles. The summed E-state index contributed by atoms with van der Waals surface area (Å²) in [5, 5.41) is 8.20. The summed E-state index contributed by atoms with van der Waals surface area (Å²) in [6.45, 7) is 2.38. The van der Waals surface area contributed by atoms with Gasteiger partial charge in [0.15, 0.2) is 5.82 Å². The second kappa shape index (κ2) is 5.28. The molecular weight excluding hydrogens is 234 g/mol. The Morgan fingerprint density at radius 1 is 1.56 bits per heavy atom. The lowest BCUT2D eigenvalue weighted by Crippen LogP contribution is -2.17. The van der Waals surface area contributed by atoms with Gasteiger partial charge in [-0.1, -0.05) is 12.1 Å². The monoisotopic (exact) mass is 251 g/mol. The summed E-state index contributed by atoms with van der Waals surface area (Å²) < 4.78 is 11.9. The maximum atomic E-state index is 5.84. The Hall–Kier alpha value is -1.73. The standard InChI is InChI=1S/C11H17N5O2/c1-4-9-7(5-16(2)14-9)11-13-10(15-18-11)8(12)6-17-3/h5,8H,4,6,12H2,1-3H3. The van der Waals surface area contributed by atoms with E-state index < -0.39 is 0 Å². The highest BCUT2D eigenvalue weighted by molar-refractivity contribution is 5.55. The number of methoxy groups -OCH3 is 1. The van der Waals surface area contributed by atoms with E-state index in [2.05, 4.69) is 15.2 Å². The van der Waals surface area contributed by atoms with E-state index in [-0.39, 0.29) is 6.04 Å². The van der Waals surface area contributed by atoms with E-state index in [9.17, 15) is 0 Å². The summed E-state index contributed by atoms with van der Waals surface area (Å²) in [4.78, 5) is 4.28. The van der Waals surface area contributed by atoms with Gasteiger partial charge in [0.2, 0.25) is 0 Å². The summed E-state index contributed by atoms with van der Waals surface area (Å²) in [7, 11) is 3.44. The molecular formula is C11H17N5O2. The zero-order valence-electron chi connectivity index (χ0n) is 10.8. The number of ether oxygens (including phenoxy) is 1. The van der Waals surface area contributed by atoms with Gasteiger partial charge in [0.1, 0.15) is 0 Å². The molecule has 0 aliphatic heterocycles. The number of nitrogens with zero attached hydrogens (tertiary/aromatic N) is 4. The molecule has 0 amide bonds. The van der Waals surface area contributed by atoms with Crippen molar-refractivity contribution in [2.24, 2.45) is 12.8 Å². The van der Waals surface area contributed by atoms with E-state index >= 15 is 0 Å². The minimum absolute atomic E-state index is 0.354. The van der Waals surface area contributed by atoms with Crippen LogP contribution in [0, 0.1) is 0 Å². The Balaban J connectivity index is 2.28. The largest absolute Gasteiger partial charge is 0.383 e. The van der Waals surface area contributed by atoms with E-state index in [1.807, 2.05) is 20.2 Å². The molecule has 0 fully saturated rings. The first-order chi connectivity index (χ1) is 8.65. The highest BCUT2D eigenvalue weighted by atomic mass is 16.5. The summed E-state index contributed by atoms with van der Waals surface area (Å²) in [5.41, 5.74) is 7.62. The molecule has 0 saturated heterocycles. The molecule has 1 unspecified atom stereocenters. The molecule has 2 N–H and O–H groups in total. The van der Waals surface area contributed by atoms with Crippen LogP contribution in [-0.2, 0) is 18.2 Å². The zero-order valence-corrected chi connectivity index (χ0v) is 10.8. The SMILES string of the molecule is CCc1nn(C)cc1-c1nc(C(N)COC)no1. The van der Waals surface area contributed by atoms with Gasteiger partial charge in [-0.25, -0.2) is 0 Å². The van der Waals surface area contributed by atoms with Gasteiger partial charge in [0, 0.05) is 20.4 Å². The number of hydrogen-bond donors (Lipinski definition) is 1. The van der Waals surface area contributed by atoms with Crippen LogP contribution in [0.5, 0.6) is 0 Å². The highest BCUT2D eigenvalue weighted by Crippen LogP contribution is 2.22. The number of nitrogens with two attached hydrogens (primary N) is 1. The van der Waals surface area contributed by atoms with Crippen LogP contribution in [0.25, 0.3) is 11.5 Å². The number of rotatable bonds is 5. The summed E-state index contributed by atoms with van der Waals surface area (Å²) in [5.74, 6) is 0.888. The molecule has 18 heavy (non-hydrogen) atoms. The number of aryl methyl sites for hydroxylation is 2. The van der Waals surface area contributed by atoms with Gasteiger partial charge in [-0.3, -0.25) is 4.68 Å². The first-order valence-electron chi connectivity index (χ1n) is 5.76. The third-order valence-corrected chi connectivity index (χ3v) is 2.59. The smallest absolute Gasteiger partial charge is 0.261 e. The summed E-state index contributed by atoms with van der Waals surface area (Å²) in [6.07, 6.45) is 2.66. The van der Waals surface area contributed by atoms with Crippen LogP contribution in [0.2, 0.25) is 0 Å². The summed E-state index contributed by atoms with van der Waals surface area (Å²) in [6, 6.07) is -0.380. The van der Waals surface area contributed by atoms with Crippen molar-refractivity contribution >= 4 is 0 Å². The fourth-order valence-electron chi connectivity index (χ4n) is 1.72. The average molecular weight is 251 g/mol. The first kappa shape index (κ1) is 12.7. The highest BCUT2D eigenvalue weighted by Gasteiger charge is 2.18. The van der Waals surface area contributed by atoms with Crippen molar-refractivity contribution in [3.63, 3.8) is 0 Å². The van der Waals surface area contributed by atoms with Crippen LogP contribution in [0.3, 0.4) is 0 Å². The molecule has 0 radical (unpaired) electrons. The lowest BCUT2D eigenvalue weighted by molar-refractivity contribution is 0.177. The van der Waals surface area contributed by atoms with Gasteiger partial charge in [-0.15, -0.1) is 0 Å². The van der Waals surface area contributed by atoms with Crippen molar-refractivity contribution < 1.29 is 9.26 Å². The van der Waals surface area contributed by atoms with Crippen molar-refractivity contribution in [3.8, 4) is 11.5 Å². The number of hydrogen-bond acceptors (Lipinski definition) is 6. The van der Waals surface area contributed by atoms with Crippen LogP contribution in [0.15, 0.2) is 10.7 Å². The molecule has 2 aromatic rings. The average Bonchev–Trinajstić information content (AvgIpc) is 2.95. The van der Waals surface area contributed by atoms with Crippen molar-refractivity contribution in [2.75, 3.05) is 13.7 Å². The van der Waals surface area contributed by atoms with Crippen LogP contribution >= 0.6 is 0 Å². The molecule has 0 aliphatic rings. The fraction of sp³-hybridized carbons (Fsp3) is 0.545. The molecule has 1 atom stereocenters. The minimum Gasteiger partial charge on any atom is -0.383 e. The van der Waals surface area contributed by atoms with Crippen LogP contribution in [0.1, 0.15) is 24.5 Å². The lowest BCUT2D eigenvalue weighted by Gasteiger charge is -2.03. The zero-order chi connectivity index (χ0) is 13.1. The quantitative estimate of drug-likeness (QED) is 0.840. The van der Waals surface area contributed by atoms with E-state index in [1.165, 1.54) is 0 Å². The van der Waals surface area contributed by atoms with Crippen molar-refractivity contribution in [2.45, 2.75) is 19.4 Å².